The molecule has 1 N–H and O–H groups in total. The molecule has 1 aliphatic rings. The number of ether oxygens (including phenoxy) is 2. The van der Waals surface area contributed by atoms with Gasteiger partial charge in [-0.05, 0) is 42.0 Å². The molecule has 0 aliphatic carbocycles. The van der Waals surface area contributed by atoms with E-state index in [4.69, 9.17) is 9.47 Å². The molecule has 0 unspecified atom stereocenters. The molecule has 0 saturated carbocycles. The second-order valence-corrected chi connectivity index (χ2v) is 6.90. The number of benzene rings is 2. The average molecular weight is 373 g/mol. The molecule has 2 aromatic carbocycles. The lowest BCUT2D eigenvalue weighted by molar-refractivity contribution is -0.0796. The molecule has 140 valence electrons. The summed E-state index contributed by atoms with van der Waals surface area (Å²) >= 11 is 0. The number of hydrogen-bond acceptors (Lipinski definition) is 4. The van der Waals surface area contributed by atoms with E-state index in [1.54, 1.807) is 12.1 Å². The van der Waals surface area contributed by atoms with Crippen molar-refractivity contribution in [3.8, 4) is 11.4 Å². The molecule has 0 bridgehead atoms. The van der Waals surface area contributed by atoms with E-state index in [-0.39, 0.29) is 11.7 Å². The van der Waals surface area contributed by atoms with Crippen LogP contribution in [0, 0.1) is 0 Å². The molecule has 0 amide bonds. The van der Waals surface area contributed by atoms with Crippen LogP contribution >= 0.6 is 0 Å². The lowest BCUT2D eigenvalue weighted by Gasteiger charge is -2.26. The number of hydrogen-bond donors (Lipinski definition) is 1. The SMILES string of the molecule is O=c1[nH]c(Cc2ccc(-n3cccc3)cc2)nc2cc(OC3COC3)ccc12. The van der Waals surface area contributed by atoms with Crippen LogP contribution in [0.3, 0.4) is 0 Å². The first-order chi connectivity index (χ1) is 13.7. The van der Waals surface area contributed by atoms with Crippen LogP contribution in [-0.2, 0) is 11.2 Å². The third-order valence-electron chi connectivity index (χ3n) is 4.85. The zero-order chi connectivity index (χ0) is 18.9. The summed E-state index contributed by atoms with van der Waals surface area (Å²) in [4.78, 5) is 20.0. The molecule has 4 aromatic rings. The highest BCUT2D eigenvalue weighted by Crippen LogP contribution is 2.20. The molecule has 6 heteroatoms. The summed E-state index contributed by atoms with van der Waals surface area (Å²) in [6.07, 6.45) is 4.65. The van der Waals surface area contributed by atoms with Gasteiger partial charge >= 0.3 is 0 Å². The standard InChI is InChI=1S/C22H19N3O3/c26-22-19-8-7-17(28-18-13-27-14-18)12-20(19)23-21(24-22)11-15-3-5-16(6-4-15)25-9-1-2-10-25/h1-10,12,18H,11,13-14H2,(H,23,24,26). The molecule has 0 radical (unpaired) electrons. The quantitative estimate of drug-likeness (QED) is 0.584. The summed E-state index contributed by atoms with van der Waals surface area (Å²) in [5.74, 6) is 1.34. The molecule has 0 spiro atoms. The highest BCUT2D eigenvalue weighted by Gasteiger charge is 2.20. The summed E-state index contributed by atoms with van der Waals surface area (Å²) in [5.41, 5.74) is 2.68. The van der Waals surface area contributed by atoms with Crippen molar-refractivity contribution in [2.45, 2.75) is 12.5 Å². The minimum absolute atomic E-state index is 0.0812. The Hall–Kier alpha value is -3.38. The largest absolute Gasteiger partial charge is 0.486 e. The fraction of sp³-hybridized carbons (Fsp3) is 0.182. The smallest absolute Gasteiger partial charge is 0.258 e. The van der Waals surface area contributed by atoms with E-state index in [2.05, 4.69) is 38.8 Å². The second kappa shape index (κ2) is 6.98. The minimum atomic E-state index is -0.137. The maximum absolute atomic E-state index is 12.4. The van der Waals surface area contributed by atoms with Gasteiger partial charge in [-0.3, -0.25) is 4.79 Å². The molecule has 5 rings (SSSR count). The van der Waals surface area contributed by atoms with Gasteiger partial charge in [0.05, 0.1) is 24.1 Å². The molecule has 28 heavy (non-hydrogen) atoms. The van der Waals surface area contributed by atoms with Gasteiger partial charge in [-0.15, -0.1) is 0 Å². The second-order valence-electron chi connectivity index (χ2n) is 6.90. The van der Waals surface area contributed by atoms with Crippen LogP contribution in [0.15, 0.2) is 71.8 Å². The number of aromatic amines is 1. The maximum Gasteiger partial charge on any atom is 0.258 e. The van der Waals surface area contributed by atoms with Gasteiger partial charge in [-0.2, -0.15) is 0 Å². The number of H-pyrrole nitrogens is 1. The molecule has 2 aromatic heterocycles. The van der Waals surface area contributed by atoms with Crippen LogP contribution in [0.5, 0.6) is 5.75 Å². The van der Waals surface area contributed by atoms with E-state index >= 15 is 0 Å². The van der Waals surface area contributed by atoms with Crippen LogP contribution < -0.4 is 10.3 Å². The summed E-state index contributed by atoms with van der Waals surface area (Å²) in [6, 6.07) is 17.6. The Morgan fingerprint density at radius 3 is 2.61 bits per heavy atom. The van der Waals surface area contributed by atoms with E-state index in [0.29, 0.717) is 42.1 Å². The van der Waals surface area contributed by atoms with Gasteiger partial charge in [0.15, 0.2) is 0 Å². The van der Waals surface area contributed by atoms with Gasteiger partial charge in [0, 0.05) is 30.6 Å². The lowest BCUT2D eigenvalue weighted by atomic mass is 10.1. The van der Waals surface area contributed by atoms with Crippen molar-refractivity contribution < 1.29 is 9.47 Å². The topological polar surface area (TPSA) is 69.1 Å². The minimum Gasteiger partial charge on any atom is -0.486 e. The zero-order valence-electron chi connectivity index (χ0n) is 15.2. The number of rotatable bonds is 5. The Bertz CT molecular complexity index is 1160. The molecule has 1 saturated heterocycles. The first-order valence-electron chi connectivity index (χ1n) is 9.24. The Labute approximate surface area is 161 Å². The Morgan fingerprint density at radius 1 is 1.11 bits per heavy atom. The lowest BCUT2D eigenvalue weighted by Crippen LogP contribution is -2.38. The Balaban J connectivity index is 1.41. The Morgan fingerprint density at radius 2 is 1.89 bits per heavy atom. The van der Waals surface area contributed by atoms with Crippen molar-refractivity contribution in [2.75, 3.05) is 13.2 Å². The van der Waals surface area contributed by atoms with E-state index in [9.17, 15) is 4.79 Å². The molecule has 6 nitrogen and oxygen atoms in total. The summed E-state index contributed by atoms with van der Waals surface area (Å²) in [5, 5.41) is 0.559. The third-order valence-corrected chi connectivity index (χ3v) is 4.85. The van der Waals surface area contributed by atoms with Crippen LogP contribution in [-0.4, -0.2) is 33.9 Å². The van der Waals surface area contributed by atoms with E-state index in [1.807, 2.05) is 30.6 Å². The van der Waals surface area contributed by atoms with Gasteiger partial charge in [0.1, 0.15) is 17.7 Å². The number of nitrogens with zero attached hydrogens (tertiary/aromatic N) is 2. The first kappa shape index (κ1) is 16.8. The van der Waals surface area contributed by atoms with E-state index in [1.165, 1.54) is 0 Å². The fourth-order valence-corrected chi connectivity index (χ4v) is 3.29. The van der Waals surface area contributed by atoms with Crippen LogP contribution in [0.2, 0.25) is 0 Å². The summed E-state index contributed by atoms with van der Waals surface area (Å²) in [6.45, 7) is 1.20. The van der Waals surface area contributed by atoms with Crippen molar-refractivity contribution >= 4 is 10.9 Å². The zero-order valence-corrected chi connectivity index (χ0v) is 15.2. The van der Waals surface area contributed by atoms with Crippen molar-refractivity contribution in [3.05, 3.63) is 88.7 Å². The fourth-order valence-electron chi connectivity index (χ4n) is 3.29. The normalized spacial score (nSPS) is 14.1. The average Bonchev–Trinajstić information content (AvgIpc) is 3.20. The van der Waals surface area contributed by atoms with Crippen molar-refractivity contribution in [1.82, 2.24) is 14.5 Å². The van der Waals surface area contributed by atoms with Gasteiger partial charge < -0.3 is 19.0 Å². The summed E-state index contributed by atoms with van der Waals surface area (Å²) in [7, 11) is 0. The van der Waals surface area contributed by atoms with Gasteiger partial charge in [-0.25, -0.2) is 4.98 Å². The highest BCUT2D eigenvalue weighted by molar-refractivity contribution is 5.79. The number of fused-ring (bicyclic) bond motifs is 1. The maximum atomic E-state index is 12.4. The molecule has 1 fully saturated rings. The predicted octanol–water partition coefficient (Wildman–Crippen LogP) is 3.08. The van der Waals surface area contributed by atoms with Crippen molar-refractivity contribution in [3.63, 3.8) is 0 Å². The molecule has 1 aliphatic heterocycles. The van der Waals surface area contributed by atoms with Gasteiger partial charge in [-0.1, -0.05) is 12.1 Å². The van der Waals surface area contributed by atoms with Gasteiger partial charge in [0.25, 0.3) is 5.56 Å². The third kappa shape index (κ3) is 3.30. The highest BCUT2D eigenvalue weighted by atomic mass is 16.6. The van der Waals surface area contributed by atoms with Crippen LogP contribution in [0.1, 0.15) is 11.4 Å². The molecule has 3 heterocycles. The van der Waals surface area contributed by atoms with Crippen LogP contribution in [0.25, 0.3) is 16.6 Å². The molecule has 0 atom stereocenters. The Kier molecular flexibility index (Phi) is 4.18. The van der Waals surface area contributed by atoms with Crippen molar-refractivity contribution in [2.24, 2.45) is 0 Å². The first-order valence-corrected chi connectivity index (χ1v) is 9.24. The van der Waals surface area contributed by atoms with Gasteiger partial charge in [0.2, 0.25) is 0 Å². The molecular weight excluding hydrogens is 354 g/mol. The van der Waals surface area contributed by atoms with E-state index in [0.717, 1.165) is 11.3 Å². The van der Waals surface area contributed by atoms with Crippen LogP contribution in [0.4, 0.5) is 0 Å². The predicted molar refractivity (Wildman–Crippen MR) is 106 cm³/mol. The number of aromatic nitrogens is 3. The van der Waals surface area contributed by atoms with Crippen molar-refractivity contribution in [1.29, 1.82) is 0 Å². The summed E-state index contributed by atoms with van der Waals surface area (Å²) < 4.78 is 13.0. The number of nitrogens with one attached hydrogen (secondary N) is 1. The molecular formula is C22H19N3O3. The van der Waals surface area contributed by atoms with E-state index < -0.39 is 0 Å². The monoisotopic (exact) mass is 373 g/mol.